The molecule has 0 saturated carbocycles. The number of nitrogens with zero attached hydrogens (tertiary/aromatic N) is 2. The van der Waals surface area contributed by atoms with E-state index in [2.05, 4.69) is 42.2 Å². The summed E-state index contributed by atoms with van der Waals surface area (Å²) in [5.74, 6) is 0. The Kier molecular flexibility index (Phi) is 3.82. The van der Waals surface area contributed by atoms with Crippen molar-refractivity contribution in [2.45, 2.75) is 19.9 Å². The molecular formula is C17H17N3S. The van der Waals surface area contributed by atoms with Crippen molar-refractivity contribution in [3.63, 3.8) is 0 Å². The Labute approximate surface area is 128 Å². The summed E-state index contributed by atoms with van der Waals surface area (Å²) in [4.78, 5) is 0. The summed E-state index contributed by atoms with van der Waals surface area (Å²) in [7, 11) is 0. The van der Waals surface area contributed by atoms with Gasteiger partial charge in [-0.2, -0.15) is 0 Å². The van der Waals surface area contributed by atoms with Crippen LogP contribution in [0, 0.1) is 13.8 Å². The van der Waals surface area contributed by atoms with Crippen LogP contribution in [0.2, 0.25) is 0 Å². The van der Waals surface area contributed by atoms with Crippen LogP contribution in [0.5, 0.6) is 0 Å². The highest BCUT2D eigenvalue weighted by molar-refractivity contribution is 7.14. The van der Waals surface area contributed by atoms with Crippen molar-refractivity contribution in [3.8, 4) is 10.6 Å². The predicted molar refractivity (Wildman–Crippen MR) is 87.3 cm³/mol. The van der Waals surface area contributed by atoms with Gasteiger partial charge < -0.3 is 5.73 Å². The largest absolute Gasteiger partial charge is 0.318 e. The van der Waals surface area contributed by atoms with E-state index in [0.29, 0.717) is 0 Å². The van der Waals surface area contributed by atoms with Gasteiger partial charge in [0.05, 0.1) is 6.04 Å². The van der Waals surface area contributed by atoms with Crippen LogP contribution in [-0.2, 0) is 0 Å². The fourth-order valence-corrected chi connectivity index (χ4v) is 3.24. The molecule has 106 valence electrons. The zero-order chi connectivity index (χ0) is 14.8. The van der Waals surface area contributed by atoms with Gasteiger partial charge in [0.15, 0.2) is 0 Å². The summed E-state index contributed by atoms with van der Waals surface area (Å²) in [5, 5.41) is 10.3. The highest BCUT2D eigenvalue weighted by Crippen LogP contribution is 2.29. The molecule has 0 spiro atoms. The van der Waals surface area contributed by atoms with Crippen molar-refractivity contribution in [3.05, 3.63) is 70.2 Å². The molecule has 1 atom stereocenters. The van der Waals surface area contributed by atoms with Gasteiger partial charge in [0.1, 0.15) is 10.0 Å². The smallest absolute Gasteiger partial charge is 0.147 e. The third-order valence-electron chi connectivity index (χ3n) is 3.33. The summed E-state index contributed by atoms with van der Waals surface area (Å²) < 4.78 is 0. The van der Waals surface area contributed by atoms with Crippen LogP contribution in [0.3, 0.4) is 0 Å². The van der Waals surface area contributed by atoms with Crippen LogP contribution in [-0.4, -0.2) is 10.2 Å². The highest BCUT2D eigenvalue weighted by Gasteiger charge is 2.15. The first-order valence-electron chi connectivity index (χ1n) is 6.86. The lowest BCUT2D eigenvalue weighted by Crippen LogP contribution is -2.11. The second-order valence-electron chi connectivity index (χ2n) is 5.21. The van der Waals surface area contributed by atoms with E-state index < -0.39 is 0 Å². The Balaban J connectivity index is 1.93. The van der Waals surface area contributed by atoms with Gasteiger partial charge in [0, 0.05) is 5.56 Å². The summed E-state index contributed by atoms with van der Waals surface area (Å²) in [6.07, 6.45) is 0. The number of benzene rings is 2. The first kappa shape index (κ1) is 13.9. The van der Waals surface area contributed by atoms with Crippen LogP contribution < -0.4 is 5.73 Å². The number of hydrogen-bond donors (Lipinski definition) is 1. The van der Waals surface area contributed by atoms with Gasteiger partial charge in [-0.1, -0.05) is 58.9 Å². The van der Waals surface area contributed by atoms with Crippen LogP contribution in [0.4, 0.5) is 0 Å². The first-order chi connectivity index (χ1) is 10.1. The van der Waals surface area contributed by atoms with Gasteiger partial charge in [-0.15, -0.1) is 10.2 Å². The van der Waals surface area contributed by atoms with Gasteiger partial charge in [-0.25, -0.2) is 0 Å². The monoisotopic (exact) mass is 295 g/mol. The molecule has 1 heterocycles. The Hall–Kier alpha value is -2.04. The lowest BCUT2D eigenvalue weighted by Gasteiger charge is -2.07. The maximum absolute atomic E-state index is 6.28. The van der Waals surface area contributed by atoms with Crippen LogP contribution >= 0.6 is 11.3 Å². The van der Waals surface area contributed by atoms with Crippen molar-refractivity contribution in [1.82, 2.24) is 10.2 Å². The average molecular weight is 295 g/mol. The number of rotatable bonds is 3. The van der Waals surface area contributed by atoms with Gasteiger partial charge >= 0.3 is 0 Å². The van der Waals surface area contributed by atoms with E-state index in [-0.39, 0.29) is 6.04 Å². The quantitative estimate of drug-likeness (QED) is 0.798. The van der Waals surface area contributed by atoms with Gasteiger partial charge in [-0.05, 0) is 31.5 Å². The van der Waals surface area contributed by atoms with Crippen LogP contribution in [0.25, 0.3) is 10.6 Å². The van der Waals surface area contributed by atoms with E-state index in [9.17, 15) is 0 Å². The first-order valence-corrected chi connectivity index (χ1v) is 7.68. The molecule has 0 aliphatic carbocycles. The lowest BCUT2D eigenvalue weighted by molar-refractivity contribution is 0.831. The van der Waals surface area contributed by atoms with Crippen molar-refractivity contribution in [2.24, 2.45) is 5.73 Å². The fraction of sp³-hybridized carbons (Fsp3) is 0.176. The molecule has 1 unspecified atom stereocenters. The molecule has 0 radical (unpaired) electrons. The summed E-state index contributed by atoms with van der Waals surface area (Å²) in [5.41, 5.74) is 10.9. The molecule has 0 fully saturated rings. The van der Waals surface area contributed by atoms with E-state index in [1.807, 2.05) is 30.3 Å². The maximum atomic E-state index is 6.28. The normalized spacial score (nSPS) is 12.3. The van der Waals surface area contributed by atoms with E-state index in [0.717, 1.165) is 21.1 Å². The van der Waals surface area contributed by atoms with Gasteiger partial charge in [-0.3, -0.25) is 0 Å². The molecule has 2 N–H and O–H groups in total. The lowest BCUT2D eigenvalue weighted by atomic mass is 10.1. The SMILES string of the molecule is Cc1cc(C)cc(-c2nnc(C(N)c3ccccc3)s2)c1. The summed E-state index contributed by atoms with van der Waals surface area (Å²) in [6.45, 7) is 4.18. The molecule has 21 heavy (non-hydrogen) atoms. The minimum Gasteiger partial charge on any atom is -0.318 e. The Morgan fingerprint density at radius 1 is 0.952 bits per heavy atom. The minimum atomic E-state index is -0.219. The molecule has 0 saturated heterocycles. The third-order valence-corrected chi connectivity index (χ3v) is 4.39. The standard InChI is InChI=1S/C17H17N3S/c1-11-8-12(2)10-14(9-11)16-19-20-17(21-16)15(18)13-6-4-3-5-7-13/h3-10,15H,18H2,1-2H3. The zero-order valence-corrected chi connectivity index (χ0v) is 12.9. The van der Waals surface area contributed by atoms with Crippen LogP contribution in [0.15, 0.2) is 48.5 Å². The van der Waals surface area contributed by atoms with E-state index in [4.69, 9.17) is 5.73 Å². The molecule has 0 aliphatic rings. The molecule has 0 aliphatic heterocycles. The molecule has 3 nitrogen and oxygen atoms in total. The number of aryl methyl sites for hydroxylation is 2. The van der Waals surface area contributed by atoms with Crippen molar-refractivity contribution in [2.75, 3.05) is 0 Å². The Morgan fingerprint density at radius 3 is 2.29 bits per heavy atom. The fourth-order valence-electron chi connectivity index (χ4n) is 2.38. The van der Waals surface area contributed by atoms with Crippen molar-refractivity contribution < 1.29 is 0 Å². The molecular weight excluding hydrogens is 278 g/mol. The number of hydrogen-bond acceptors (Lipinski definition) is 4. The molecule has 0 bridgehead atoms. The van der Waals surface area contributed by atoms with Crippen molar-refractivity contribution in [1.29, 1.82) is 0 Å². The van der Waals surface area contributed by atoms with Crippen molar-refractivity contribution >= 4 is 11.3 Å². The molecule has 0 amide bonds. The topological polar surface area (TPSA) is 51.8 Å². The summed E-state index contributed by atoms with van der Waals surface area (Å²) >= 11 is 1.56. The summed E-state index contributed by atoms with van der Waals surface area (Å²) in [6, 6.07) is 16.2. The van der Waals surface area contributed by atoms with E-state index in [1.165, 1.54) is 11.1 Å². The van der Waals surface area contributed by atoms with E-state index >= 15 is 0 Å². The molecule has 1 aromatic heterocycles. The maximum Gasteiger partial charge on any atom is 0.147 e. The number of aromatic nitrogens is 2. The predicted octanol–water partition coefficient (Wildman–Crippen LogP) is 3.87. The third kappa shape index (κ3) is 3.01. The zero-order valence-electron chi connectivity index (χ0n) is 12.1. The highest BCUT2D eigenvalue weighted by atomic mass is 32.1. The molecule has 3 aromatic rings. The van der Waals surface area contributed by atoms with E-state index in [1.54, 1.807) is 11.3 Å². The molecule has 2 aromatic carbocycles. The second-order valence-corrected chi connectivity index (χ2v) is 6.22. The van der Waals surface area contributed by atoms with Gasteiger partial charge in [0.25, 0.3) is 0 Å². The molecule has 4 heteroatoms. The van der Waals surface area contributed by atoms with Crippen LogP contribution in [0.1, 0.15) is 27.7 Å². The second kappa shape index (κ2) is 5.76. The Bertz CT molecular complexity index is 729. The Morgan fingerprint density at radius 2 is 1.62 bits per heavy atom. The number of nitrogens with two attached hydrogens (primary N) is 1. The minimum absolute atomic E-state index is 0.219. The van der Waals surface area contributed by atoms with Gasteiger partial charge in [0.2, 0.25) is 0 Å². The average Bonchev–Trinajstić information content (AvgIpc) is 2.96. The molecule has 3 rings (SSSR count).